The Hall–Kier alpha value is -3.24. The van der Waals surface area contributed by atoms with E-state index in [9.17, 15) is 5.11 Å². The van der Waals surface area contributed by atoms with Crippen LogP contribution >= 0.6 is 0 Å². The topological polar surface area (TPSA) is 44.3 Å². The second kappa shape index (κ2) is 10.1. The second-order valence-electron chi connectivity index (χ2n) is 8.75. The van der Waals surface area contributed by atoms with Gasteiger partial charge in [0.1, 0.15) is 0 Å². The van der Waals surface area contributed by atoms with Gasteiger partial charge in [-0.05, 0) is 39.8 Å². The summed E-state index contributed by atoms with van der Waals surface area (Å²) in [4.78, 5) is 0. The fourth-order valence-electron chi connectivity index (χ4n) is 4.83. The van der Waals surface area contributed by atoms with Crippen molar-refractivity contribution in [3.05, 3.63) is 131 Å². The smallest absolute Gasteiger partial charge is 0.0820 e. The molecule has 3 heteroatoms. The molecule has 0 spiro atoms. The van der Waals surface area contributed by atoms with Crippen molar-refractivity contribution in [1.82, 2.24) is 10.6 Å². The lowest BCUT2D eigenvalue weighted by Crippen LogP contribution is -2.47. The first-order valence-corrected chi connectivity index (χ1v) is 11.7. The third kappa shape index (κ3) is 4.91. The maximum Gasteiger partial charge on any atom is 0.0820 e. The summed E-state index contributed by atoms with van der Waals surface area (Å²) in [7, 11) is 0. The number of hydrogen-bond donors (Lipinski definition) is 3. The predicted octanol–water partition coefficient (Wildman–Crippen LogP) is 5.11. The van der Waals surface area contributed by atoms with E-state index in [0.29, 0.717) is 6.54 Å². The van der Waals surface area contributed by atoms with Gasteiger partial charge in [0.15, 0.2) is 0 Å². The highest BCUT2D eigenvalue weighted by Gasteiger charge is 2.31. The number of aliphatic hydroxyl groups is 1. The lowest BCUT2D eigenvalue weighted by atomic mass is 9.97. The van der Waals surface area contributed by atoms with Crippen molar-refractivity contribution < 1.29 is 5.11 Å². The summed E-state index contributed by atoms with van der Waals surface area (Å²) in [6.07, 6.45) is 0.226. The van der Waals surface area contributed by atoms with Crippen LogP contribution in [0.3, 0.4) is 0 Å². The van der Waals surface area contributed by atoms with Crippen molar-refractivity contribution in [2.45, 2.75) is 31.2 Å². The average Bonchev–Trinajstić information content (AvgIpc) is 3.18. The van der Waals surface area contributed by atoms with E-state index in [2.05, 4.69) is 95.6 Å². The molecule has 1 aliphatic carbocycles. The van der Waals surface area contributed by atoms with Crippen LogP contribution in [0.5, 0.6) is 0 Å². The molecule has 33 heavy (non-hydrogen) atoms. The van der Waals surface area contributed by atoms with Crippen molar-refractivity contribution >= 4 is 0 Å². The van der Waals surface area contributed by atoms with Crippen molar-refractivity contribution in [1.29, 1.82) is 0 Å². The monoisotopic (exact) mass is 434 g/mol. The van der Waals surface area contributed by atoms with Gasteiger partial charge in [0, 0.05) is 19.1 Å². The average molecular weight is 435 g/mol. The SMILES string of the molecule is O[C@H](CNCc1ccccc1)[C@H](Cc1ccccc1)NC1c2ccccc2-c2ccccc21. The van der Waals surface area contributed by atoms with E-state index in [-0.39, 0.29) is 12.1 Å². The van der Waals surface area contributed by atoms with E-state index in [0.717, 1.165) is 13.0 Å². The Kier molecular flexibility index (Phi) is 6.63. The molecule has 4 aromatic carbocycles. The van der Waals surface area contributed by atoms with Crippen LogP contribution in [0.15, 0.2) is 109 Å². The van der Waals surface area contributed by atoms with Gasteiger partial charge in [-0.2, -0.15) is 0 Å². The molecule has 3 nitrogen and oxygen atoms in total. The lowest BCUT2D eigenvalue weighted by molar-refractivity contribution is 0.120. The first kappa shape index (κ1) is 21.6. The zero-order valence-electron chi connectivity index (χ0n) is 18.7. The molecule has 166 valence electrons. The van der Waals surface area contributed by atoms with Gasteiger partial charge in [0.25, 0.3) is 0 Å². The summed E-state index contributed by atoms with van der Waals surface area (Å²) < 4.78 is 0. The van der Waals surface area contributed by atoms with Crippen molar-refractivity contribution in [3.63, 3.8) is 0 Å². The number of hydrogen-bond acceptors (Lipinski definition) is 3. The van der Waals surface area contributed by atoms with Gasteiger partial charge in [0.05, 0.1) is 12.1 Å². The number of fused-ring (bicyclic) bond motifs is 3. The minimum Gasteiger partial charge on any atom is -0.390 e. The summed E-state index contributed by atoms with van der Waals surface area (Å²) in [5.41, 5.74) is 7.55. The predicted molar refractivity (Wildman–Crippen MR) is 135 cm³/mol. The van der Waals surface area contributed by atoms with Gasteiger partial charge < -0.3 is 15.7 Å². The molecule has 0 saturated heterocycles. The zero-order chi connectivity index (χ0) is 22.5. The molecule has 0 radical (unpaired) electrons. The molecule has 3 N–H and O–H groups in total. The van der Waals surface area contributed by atoms with Crippen LogP contribution in [0.2, 0.25) is 0 Å². The van der Waals surface area contributed by atoms with E-state index >= 15 is 0 Å². The van der Waals surface area contributed by atoms with Crippen LogP contribution in [0, 0.1) is 0 Å². The lowest BCUT2D eigenvalue weighted by Gasteiger charge is -2.29. The minimum atomic E-state index is -0.533. The maximum atomic E-state index is 11.3. The largest absolute Gasteiger partial charge is 0.390 e. The van der Waals surface area contributed by atoms with Gasteiger partial charge in [-0.1, -0.05) is 109 Å². The van der Waals surface area contributed by atoms with E-state index in [4.69, 9.17) is 0 Å². The fourth-order valence-corrected chi connectivity index (χ4v) is 4.83. The zero-order valence-corrected chi connectivity index (χ0v) is 18.7. The van der Waals surface area contributed by atoms with Crippen LogP contribution < -0.4 is 10.6 Å². The van der Waals surface area contributed by atoms with Gasteiger partial charge in [-0.25, -0.2) is 0 Å². The van der Waals surface area contributed by atoms with Crippen LogP contribution in [0.25, 0.3) is 11.1 Å². The summed E-state index contributed by atoms with van der Waals surface area (Å²) in [6, 6.07) is 37.9. The number of benzene rings is 4. The summed E-state index contributed by atoms with van der Waals surface area (Å²) in [5.74, 6) is 0. The van der Waals surface area contributed by atoms with Gasteiger partial charge in [-0.3, -0.25) is 0 Å². The first-order chi connectivity index (χ1) is 16.3. The highest BCUT2D eigenvalue weighted by molar-refractivity contribution is 5.78. The van der Waals surface area contributed by atoms with E-state index in [1.807, 2.05) is 24.3 Å². The second-order valence-corrected chi connectivity index (χ2v) is 8.75. The van der Waals surface area contributed by atoms with Crippen LogP contribution in [0.1, 0.15) is 28.3 Å². The molecule has 2 atom stereocenters. The Bertz CT molecular complexity index is 1130. The third-order valence-electron chi connectivity index (χ3n) is 6.50. The number of rotatable bonds is 9. The highest BCUT2D eigenvalue weighted by Crippen LogP contribution is 2.43. The Morgan fingerprint density at radius 3 is 1.76 bits per heavy atom. The summed E-state index contributed by atoms with van der Waals surface area (Å²) in [6.45, 7) is 1.26. The molecule has 0 aliphatic heterocycles. The third-order valence-corrected chi connectivity index (χ3v) is 6.50. The molecular formula is C30H30N2O. The molecule has 0 saturated carbocycles. The maximum absolute atomic E-state index is 11.3. The van der Waals surface area contributed by atoms with E-state index in [1.165, 1.54) is 33.4 Å². The highest BCUT2D eigenvalue weighted by atomic mass is 16.3. The Balaban J connectivity index is 1.36. The Morgan fingerprint density at radius 1 is 0.636 bits per heavy atom. The van der Waals surface area contributed by atoms with Crippen molar-refractivity contribution in [2.75, 3.05) is 6.54 Å². The summed E-state index contributed by atoms with van der Waals surface area (Å²) >= 11 is 0. The van der Waals surface area contributed by atoms with E-state index < -0.39 is 6.10 Å². The molecule has 0 unspecified atom stereocenters. The normalized spacial score (nSPS) is 14.5. The Morgan fingerprint density at radius 2 is 1.15 bits per heavy atom. The molecule has 1 aliphatic rings. The Labute approximate surface area is 196 Å². The summed E-state index contributed by atoms with van der Waals surface area (Å²) in [5, 5.41) is 18.6. The fraction of sp³-hybridized carbons (Fsp3) is 0.200. The van der Waals surface area contributed by atoms with Crippen LogP contribution in [0.4, 0.5) is 0 Å². The van der Waals surface area contributed by atoms with Crippen LogP contribution in [-0.4, -0.2) is 23.8 Å². The molecule has 0 amide bonds. The number of nitrogens with one attached hydrogen (secondary N) is 2. The molecule has 4 aromatic rings. The standard InChI is InChI=1S/C30H30N2O/c33-29(21-31-20-23-13-5-2-6-14-23)28(19-22-11-3-1-4-12-22)32-30-26-17-9-7-15-24(26)25-16-8-10-18-27(25)30/h1-18,28-33H,19-21H2/t28-,29+/m0/s1. The molecule has 0 fully saturated rings. The molecular weight excluding hydrogens is 404 g/mol. The van der Waals surface area contributed by atoms with Gasteiger partial charge in [0.2, 0.25) is 0 Å². The van der Waals surface area contributed by atoms with Gasteiger partial charge in [-0.15, -0.1) is 0 Å². The minimum absolute atomic E-state index is 0.0647. The molecule has 5 rings (SSSR count). The first-order valence-electron chi connectivity index (χ1n) is 11.7. The van der Waals surface area contributed by atoms with Crippen molar-refractivity contribution in [3.8, 4) is 11.1 Å². The molecule has 0 heterocycles. The van der Waals surface area contributed by atoms with Crippen LogP contribution in [-0.2, 0) is 13.0 Å². The van der Waals surface area contributed by atoms with Gasteiger partial charge >= 0.3 is 0 Å². The number of aliphatic hydroxyl groups excluding tert-OH is 1. The molecule has 0 aromatic heterocycles. The van der Waals surface area contributed by atoms with Crippen molar-refractivity contribution in [2.24, 2.45) is 0 Å². The van der Waals surface area contributed by atoms with E-state index in [1.54, 1.807) is 0 Å². The molecule has 0 bridgehead atoms. The quantitative estimate of drug-likeness (QED) is 0.343.